The molecule has 3 N–H and O–H groups in total. The fraction of sp³-hybridized carbons (Fsp3) is 0.444. The number of allylic oxidation sites excluding steroid dienone is 3. The first-order valence-corrected chi connectivity index (χ1v) is 4.09. The van der Waals surface area contributed by atoms with Crippen molar-refractivity contribution in [2.45, 2.75) is 19.3 Å². The van der Waals surface area contributed by atoms with Crippen molar-refractivity contribution in [1.29, 1.82) is 0 Å². The number of nitrogens with two attached hydrogens (primary N) is 1. The summed E-state index contributed by atoms with van der Waals surface area (Å²) < 4.78 is 0. The van der Waals surface area contributed by atoms with E-state index in [1.165, 1.54) is 0 Å². The third-order valence-corrected chi connectivity index (χ3v) is 1.81. The first-order valence-electron chi connectivity index (χ1n) is 4.09. The first kappa shape index (κ1) is 8.84. The zero-order valence-corrected chi connectivity index (χ0v) is 7.10. The van der Waals surface area contributed by atoms with Crippen molar-refractivity contribution in [1.82, 2.24) is 5.32 Å². The third kappa shape index (κ3) is 2.78. The van der Waals surface area contributed by atoms with Crippen LogP contribution in [0.15, 0.2) is 23.9 Å². The molecule has 0 atom stereocenters. The molecular weight excluding hydrogens is 152 g/mol. The van der Waals surface area contributed by atoms with Gasteiger partial charge < -0.3 is 11.1 Å². The minimum Gasteiger partial charge on any atom is -0.380 e. The maximum Gasteiger partial charge on any atom is 0.236 e. The first-order chi connectivity index (χ1) is 5.68. The molecule has 66 valence electrons. The highest BCUT2D eigenvalue weighted by atomic mass is 16.1. The molecule has 3 nitrogen and oxygen atoms in total. The highest BCUT2D eigenvalue weighted by molar-refractivity contribution is 5.76. The summed E-state index contributed by atoms with van der Waals surface area (Å²) in [5.41, 5.74) is 7.19. The van der Waals surface area contributed by atoms with Crippen LogP contribution in [0.25, 0.3) is 0 Å². The molecule has 0 aromatic rings. The van der Waals surface area contributed by atoms with Gasteiger partial charge >= 0.3 is 0 Å². The fourth-order valence-electron chi connectivity index (χ4n) is 1.24. The molecule has 12 heavy (non-hydrogen) atoms. The maximum absolute atomic E-state index is 10.4. The number of carbonyl (C=O) groups excluding carboxylic acids is 1. The van der Waals surface area contributed by atoms with Crippen LogP contribution in [0.5, 0.6) is 0 Å². The summed E-state index contributed by atoms with van der Waals surface area (Å²) in [6.45, 7) is 4.08. The molecule has 0 aliphatic heterocycles. The summed E-state index contributed by atoms with van der Waals surface area (Å²) in [4.78, 5) is 10.4. The minimum atomic E-state index is -0.327. The summed E-state index contributed by atoms with van der Waals surface area (Å²) in [6.07, 6.45) is 5.15. The Morgan fingerprint density at radius 2 is 2.42 bits per heavy atom. The number of rotatable bonds is 3. The van der Waals surface area contributed by atoms with Crippen LogP contribution in [-0.4, -0.2) is 12.5 Å². The molecule has 0 unspecified atom stereocenters. The smallest absolute Gasteiger partial charge is 0.236 e. The molecule has 0 saturated heterocycles. The molecule has 3 heteroatoms. The Kier molecular flexibility index (Phi) is 2.91. The summed E-state index contributed by atoms with van der Waals surface area (Å²) in [5.74, 6) is -0.327. The van der Waals surface area contributed by atoms with Crippen molar-refractivity contribution in [3.8, 4) is 0 Å². The molecule has 0 saturated carbocycles. The van der Waals surface area contributed by atoms with E-state index in [1.807, 2.05) is 6.08 Å². The monoisotopic (exact) mass is 166 g/mol. The summed E-state index contributed by atoms with van der Waals surface area (Å²) >= 11 is 0. The lowest BCUT2D eigenvalue weighted by atomic mass is 10.0. The number of hydrogen-bond acceptors (Lipinski definition) is 2. The van der Waals surface area contributed by atoms with Crippen molar-refractivity contribution >= 4 is 5.91 Å². The van der Waals surface area contributed by atoms with E-state index in [-0.39, 0.29) is 12.5 Å². The molecular formula is C9H14N2O. The second-order valence-electron chi connectivity index (χ2n) is 3.00. The van der Waals surface area contributed by atoms with Gasteiger partial charge in [0.2, 0.25) is 5.91 Å². The van der Waals surface area contributed by atoms with Crippen molar-refractivity contribution < 1.29 is 4.79 Å². The third-order valence-electron chi connectivity index (χ3n) is 1.81. The quantitative estimate of drug-likeness (QED) is 0.648. The van der Waals surface area contributed by atoms with E-state index in [4.69, 9.17) is 5.73 Å². The Balaban J connectivity index is 2.40. The predicted octanol–water partition coefficient (Wildman–Crippen LogP) is 0.685. The van der Waals surface area contributed by atoms with Gasteiger partial charge in [-0.1, -0.05) is 12.2 Å². The van der Waals surface area contributed by atoms with Gasteiger partial charge in [0.1, 0.15) is 0 Å². The molecule has 1 rings (SSSR count). The van der Waals surface area contributed by atoms with Crippen molar-refractivity contribution in [3.05, 3.63) is 23.9 Å². The topological polar surface area (TPSA) is 55.1 Å². The van der Waals surface area contributed by atoms with Crippen LogP contribution in [0.2, 0.25) is 0 Å². The molecule has 0 aromatic carbocycles. The molecule has 0 aromatic heterocycles. The number of nitrogens with one attached hydrogen (secondary N) is 1. The van der Waals surface area contributed by atoms with Crippen LogP contribution in [0.3, 0.4) is 0 Å². The van der Waals surface area contributed by atoms with Crippen LogP contribution in [-0.2, 0) is 4.79 Å². The number of amides is 1. The lowest BCUT2D eigenvalue weighted by Gasteiger charge is -2.15. The van der Waals surface area contributed by atoms with E-state index < -0.39 is 0 Å². The van der Waals surface area contributed by atoms with Crippen molar-refractivity contribution in [2.75, 3.05) is 6.54 Å². The van der Waals surface area contributed by atoms with E-state index in [9.17, 15) is 4.79 Å². The van der Waals surface area contributed by atoms with E-state index in [1.54, 1.807) is 0 Å². The molecule has 1 aliphatic carbocycles. The van der Waals surface area contributed by atoms with Gasteiger partial charge in [-0.25, -0.2) is 0 Å². The highest BCUT2D eigenvalue weighted by Gasteiger charge is 2.05. The van der Waals surface area contributed by atoms with Crippen molar-refractivity contribution in [3.63, 3.8) is 0 Å². The van der Waals surface area contributed by atoms with Gasteiger partial charge in [0.15, 0.2) is 0 Å². The van der Waals surface area contributed by atoms with E-state index in [0.717, 1.165) is 30.5 Å². The van der Waals surface area contributed by atoms with Crippen LogP contribution >= 0.6 is 0 Å². The SMILES string of the molecule is C=C1C=C(NCC(N)=O)CCC1. The molecule has 0 spiro atoms. The van der Waals surface area contributed by atoms with Gasteiger partial charge in [-0.15, -0.1) is 0 Å². The molecule has 0 fully saturated rings. The van der Waals surface area contributed by atoms with Gasteiger partial charge in [-0.2, -0.15) is 0 Å². The zero-order valence-electron chi connectivity index (χ0n) is 7.10. The van der Waals surface area contributed by atoms with Gasteiger partial charge in [-0.3, -0.25) is 4.79 Å². The number of primary amides is 1. The van der Waals surface area contributed by atoms with E-state index >= 15 is 0 Å². The van der Waals surface area contributed by atoms with Crippen LogP contribution in [0, 0.1) is 0 Å². The lowest BCUT2D eigenvalue weighted by molar-refractivity contribution is -0.117. The van der Waals surface area contributed by atoms with Gasteiger partial charge in [0.25, 0.3) is 0 Å². The summed E-state index contributed by atoms with van der Waals surface area (Å²) in [6, 6.07) is 0. The Morgan fingerprint density at radius 3 is 3.00 bits per heavy atom. The maximum atomic E-state index is 10.4. The van der Waals surface area contributed by atoms with Gasteiger partial charge in [0.05, 0.1) is 6.54 Å². The largest absolute Gasteiger partial charge is 0.380 e. The standard InChI is InChI=1S/C9H14N2O/c1-7-3-2-4-8(5-7)11-6-9(10)12/h5,11H,1-4,6H2,(H2,10,12). The van der Waals surface area contributed by atoms with Crippen LogP contribution in [0.4, 0.5) is 0 Å². The Hall–Kier alpha value is -1.25. The van der Waals surface area contributed by atoms with Gasteiger partial charge in [0, 0.05) is 5.70 Å². The molecule has 1 amide bonds. The van der Waals surface area contributed by atoms with E-state index in [0.29, 0.717) is 0 Å². The van der Waals surface area contributed by atoms with Crippen LogP contribution < -0.4 is 11.1 Å². The second-order valence-corrected chi connectivity index (χ2v) is 3.00. The van der Waals surface area contributed by atoms with Crippen LogP contribution in [0.1, 0.15) is 19.3 Å². The van der Waals surface area contributed by atoms with Gasteiger partial charge in [-0.05, 0) is 25.3 Å². The summed E-state index contributed by atoms with van der Waals surface area (Å²) in [5, 5.41) is 2.98. The Labute approximate surface area is 72.3 Å². The predicted molar refractivity (Wildman–Crippen MR) is 48.3 cm³/mol. The highest BCUT2D eigenvalue weighted by Crippen LogP contribution is 2.18. The molecule has 1 aliphatic rings. The molecule has 0 radical (unpaired) electrons. The lowest BCUT2D eigenvalue weighted by Crippen LogP contribution is -2.28. The second kappa shape index (κ2) is 3.95. The Morgan fingerprint density at radius 1 is 1.67 bits per heavy atom. The molecule has 0 bridgehead atoms. The number of carbonyl (C=O) groups is 1. The van der Waals surface area contributed by atoms with E-state index in [2.05, 4.69) is 11.9 Å². The number of hydrogen-bond donors (Lipinski definition) is 2. The van der Waals surface area contributed by atoms with Crippen molar-refractivity contribution in [2.24, 2.45) is 5.73 Å². The average molecular weight is 166 g/mol. The summed E-state index contributed by atoms with van der Waals surface area (Å²) in [7, 11) is 0. The Bertz CT molecular complexity index is 231. The minimum absolute atomic E-state index is 0.221. The molecule has 0 heterocycles. The average Bonchev–Trinajstić information content (AvgIpc) is 2.01. The zero-order chi connectivity index (χ0) is 8.97. The normalized spacial score (nSPS) is 17.0. The fourth-order valence-corrected chi connectivity index (χ4v) is 1.24.